The molecule has 1 saturated heterocycles. The molecule has 0 saturated carbocycles. The molecule has 1 unspecified atom stereocenters. The first-order valence-corrected chi connectivity index (χ1v) is 6.03. The van der Waals surface area contributed by atoms with Crippen molar-refractivity contribution in [3.05, 3.63) is 34.4 Å². The minimum absolute atomic E-state index is 0.119. The Morgan fingerprint density at radius 2 is 1.88 bits per heavy atom. The van der Waals surface area contributed by atoms with Crippen molar-refractivity contribution in [2.45, 2.75) is 39.8 Å². The van der Waals surface area contributed by atoms with Gasteiger partial charge in [-0.3, -0.25) is 4.90 Å². The van der Waals surface area contributed by atoms with Gasteiger partial charge in [0.15, 0.2) is 0 Å². The number of aryl methyl sites for hydroxylation is 3. The smallest absolute Gasteiger partial charge is 0.0679 e. The van der Waals surface area contributed by atoms with Crippen LogP contribution in [-0.2, 0) is 6.54 Å². The summed E-state index contributed by atoms with van der Waals surface area (Å²) in [7, 11) is 0. The monoisotopic (exact) mass is 219 g/mol. The van der Waals surface area contributed by atoms with Crippen molar-refractivity contribution in [3.63, 3.8) is 0 Å². The van der Waals surface area contributed by atoms with E-state index in [1.54, 1.807) is 0 Å². The molecule has 1 aliphatic heterocycles. The molecule has 0 amide bonds. The lowest BCUT2D eigenvalue weighted by molar-refractivity contribution is 0.174. The number of aliphatic hydroxyl groups is 1. The van der Waals surface area contributed by atoms with Gasteiger partial charge in [-0.25, -0.2) is 0 Å². The molecule has 0 aliphatic carbocycles. The van der Waals surface area contributed by atoms with Gasteiger partial charge in [0, 0.05) is 19.6 Å². The Hall–Kier alpha value is -0.860. The number of aliphatic hydroxyl groups excluding tert-OH is 1. The van der Waals surface area contributed by atoms with E-state index in [1.807, 2.05) is 0 Å². The maximum absolute atomic E-state index is 9.52. The normalized spacial score (nSPS) is 21.6. The van der Waals surface area contributed by atoms with Gasteiger partial charge in [-0.1, -0.05) is 17.7 Å². The highest BCUT2D eigenvalue weighted by molar-refractivity contribution is 5.37. The van der Waals surface area contributed by atoms with E-state index in [0.717, 1.165) is 26.1 Å². The van der Waals surface area contributed by atoms with Crippen molar-refractivity contribution in [2.24, 2.45) is 0 Å². The fourth-order valence-electron chi connectivity index (χ4n) is 2.64. The molecule has 1 fully saturated rings. The van der Waals surface area contributed by atoms with Crippen molar-refractivity contribution in [3.8, 4) is 0 Å². The van der Waals surface area contributed by atoms with Gasteiger partial charge in [0.25, 0.3) is 0 Å². The van der Waals surface area contributed by atoms with Crippen molar-refractivity contribution >= 4 is 0 Å². The van der Waals surface area contributed by atoms with Gasteiger partial charge >= 0.3 is 0 Å². The van der Waals surface area contributed by atoms with Crippen LogP contribution in [0.15, 0.2) is 12.1 Å². The van der Waals surface area contributed by atoms with Crippen LogP contribution in [0.4, 0.5) is 0 Å². The van der Waals surface area contributed by atoms with Crippen LogP contribution in [-0.4, -0.2) is 29.2 Å². The van der Waals surface area contributed by atoms with Crippen LogP contribution >= 0.6 is 0 Å². The zero-order valence-corrected chi connectivity index (χ0v) is 10.5. The van der Waals surface area contributed by atoms with Gasteiger partial charge in [0.1, 0.15) is 0 Å². The third kappa shape index (κ3) is 2.45. The second-order valence-corrected chi connectivity index (χ2v) is 5.05. The number of nitrogens with zero attached hydrogens (tertiary/aromatic N) is 1. The Labute approximate surface area is 97.9 Å². The third-order valence-electron chi connectivity index (χ3n) is 3.47. The summed E-state index contributed by atoms with van der Waals surface area (Å²) in [4.78, 5) is 2.34. The van der Waals surface area contributed by atoms with Crippen molar-refractivity contribution in [1.82, 2.24) is 4.90 Å². The number of likely N-dealkylation sites (tertiary alicyclic amines) is 1. The van der Waals surface area contributed by atoms with E-state index in [0.29, 0.717) is 0 Å². The third-order valence-corrected chi connectivity index (χ3v) is 3.47. The highest BCUT2D eigenvalue weighted by atomic mass is 16.3. The largest absolute Gasteiger partial charge is 0.392 e. The molecule has 1 N–H and O–H groups in total. The Morgan fingerprint density at radius 1 is 1.25 bits per heavy atom. The van der Waals surface area contributed by atoms with Gasteiger partial charge in [-0.05, 0) is 43.9 Å². The average Bonchev–Trinajstić information content (AvgIpc) is 2.58. The fraction of sp³-hybridized carbons (Fsp3) is 0.571. The minimum atomic E-state index is -0.119. The van der Waals surface area contributed by atoms with E-state index in [9.17, 15) is 5.11 Å². The maximum Gasteiger partial charge on any atom is 0.0679 e. The van der Waals surface area contributed by atoms with Crippen LogP contribution in [0.3, 0.4) is 0 Å². The fourth-order valence-corrected chi connectivity index (χ4v) is 2.64. The van der Waals surface area contributed by atoms with Crippen LogP contribution in [0.2, 0.25) is 0 Å². The summed E-state index contributed by atoms with van der Waals surface area (Å²) in [5.74, 6) is 0. The highest BCUT2D eigenvalue weighted by Gasteiger charge is 2.20. The van der Waals surface area contributed by atoms with Crippen LogP contribution in [0, 0.1) is 20.8 Å². The van der Waals surface area contributed by atoms with Gasteiger partial charge in [0.2, 0.25) is 0 Å². The molecule has 0 bridgehead atoms. The Kier molecular flexibility index (Phi) is 3.31. The lowest BCUT2D eigenvalue weighted by Gasteiger charge is -2.19. The molecule has 1 aromatic rings. The SMILES string of the molecule is Cc1cc(C)c(CN2CCC(O)C2)c(C)c1. The second kappa shape index (κ2) is 4.56. The first-order valence-electron chi connectivity index (χ1n) is 6.03. The average molecular weight is 219 g/mol. The minimum Gasteiger partial charge on any atom is -0.392 e. The molecule has 1 aromatic carbocycles. The van der Waals surface area contributed by atoms with Gasteiger partial charge < -0.3 is 5.11 Å². The molecule has 16 heavy (non-hydrogen) atoms. The van der Waals surface area contributed by atoms with E-state index < -0.39 is 0 Å². The summed E-state index contributed by atoms with van der Waals surface area (Å²) < 4.78 is 0. The standard InChI is InChI=1S/C14H21NO/c1-10-6-11(2)14(12(3)7-10)9-15-5-4-13(16)8-15/h6-7,13,16H,4-5,8-9H2,1-3H3. The van der Waals surface area contributed by atoms with Gasteiger partial charge in [0.05, 0.1) is 6.10 Å². The van der Waals surface area contributed by atoms with Crippen molar-refractivity contribution < 1.29 is 5.11 Å². The Balaban J connectivity index is 2.15. The number of β-amino-alcohol motifs (C(OH)–C–C–N with tert-alkyl or cyclic N) is 1. The van der Waals surface area contributed by atoms with E-state index >= 15 is 0 Å². The predicted molar refractivity (Wildman–Crippen MR) is 66.6 cm³/mol. The molecule has 1 atom stereocenters. The van der Waals surface area contributed by atoms with Crippen molar-refractivity contribution in [2.75, 3.05) is 13.1 Å². The molecule has 88 valence electrons. The lowest BCUT2D eigenvalue weighted by Crippen LogP contribution is -2.22. The van der Waals surface area contributed by atoms with Gasteiger partial charge in [-0.15, -0.1) is 0 Å². The summed E-state index contributed by atoms with van der Waals surface area (Å²) in [6, 6.07) is 4.49. The topological polar surface area (TPSA) is 23.5 Å². The summed E-state index contributed by atoms with van der Waals surface area (Å²) in [6.45, 7) is 9.34. The summed E-state index contributed by atoms with van der Waals surface area (Å²) in [5, 5.41) is 9.52. The van der Waals surface area contributed by atoms with Crippen LogP contribution in [0.25, 0.3) is 0 Å². The summed E-state index contributed by atoms with van der Waals surface area (Å²) in [5.41, 5.74) is 5.51. The number of hydrogen-bond donors (Lipinski definition) is 1. The van der Waals surface area contributed by atoms with Crippen LogP contribution in [0.1, 0.15) is 28.7 Å². The van der Waals surface area contributed by atoms with E-state index in [-0.39, 0.29) is 6.10 Å². The summed E-state index contributed by atoms with van der Waals surface area (Å²) in [6.07, 6.45) is 0.801. The second-order valence-electron chi connectivity index (χ2n) is 5.05. The maximum atomic E-state index is 9.52. The van der Waals surface area contributed by atoms with Gasteiger partial charge in [-0.2, -0.15) is 0 Å². The molecule has 0 aromatic heterocycles. The molecule has 1 aliphatic rings. The number of rotatable bonds is 2. The molecular formula is C14H21NO. The molecule has 0 radical (unpaired) electrons. The molecular weight excluding hydrogens is 198 g/mol. The van der Waals surface area contributed by atoms with Crippen LogP contribution < -0.4 is 0 Å². The number of hydrogen-bond acceptors (Lipinski definition) is 2. The van der Waals surface area contributed by atoms with E-state index in [2.05, 4.69) is 37.8 Å². The highest BCUT2D eigenvalue weighted by Crippen LogP contribution is 2.20. The van der Waals surface area contributed by atoms with Crippen molar-refractivity contribution in [1.29, 1.82) is 0 Å². The van der Waals surface area contributed by atoms with E-state index in [4.69, 9.17) is 0 Å². The quantitative estimate of drug-likeness (QED) is 0.824. The molecule has 0 spiro atoms. The predicted octanol–water partition coefficient (Wildman–Crippen LogP) is 2.18. The lowest BCUT2D eigenvalue weighted by atomic mass is 9.99. The number of benzene rings is 1. The zero-order valence-electron chi connectivity index (χ0n) is 10.5. The molecule has 2 nitrogen and oxygen atoms in total. The molecule has 1 heterocycles. The Morgan fingerprint density at radius 3 is 2.38 bits per heavy atom. The van der Waals surface area contributed by atoms with E-state index in [1.165, 1.54) is 22.3 Å². The first-order chi connectivity index (χ1) is 7.56. The zero-order chi connectivity index (χ0) is 11.7. The van der Waals surface area contributed by atoms with Crippen LogP contribution in [0.5, 0.6) is 0 Å². The first kappa shape index (κ1) is 11.6. The summed E-state index contributed by atoms with van der Waals surface area (Å²) >= 11 is 0. The Bertz CT molecular complexity index is 363. The molecule has 2 heteroatoms. The molecule has 2 rings (SSSR count).